The molecule has 4 heteroatoms. The first kappa shape index (κ1) is 13.4. The third-order valence-corrected chi connectivity index (χ3v) is 4.83. The molecule has 2 aliphatic heterocycles. The van der Waals surface area contributed by atoms with E-state index >= 15 is 0 Å². The summed E-state index contributed by atoms with van der Waals surface area (Å²) in [6.07, 6.45) is 1.21. The van der Waals surface area contributed by atoms with Gasteiger partial charge in [0, 0.05) is 50.8 Å². The molecule has 0 aromatic carbocycles. The van der Waals surface area contributed by atoms with Crippen LogP contribution in [0.1, 0.15) is 20.3 Å². The summed E-state index contributed by atoms with van der Waals surface area (Å²) >= 11 is 1.99. The molecule has 0 bridgehead atoms. The minimum atomic E-state index is 0. The molecule has 1 radical (unpaired) electrons. The zero-order chi connectivity index (χ0) is 9.47. The van der Waals surface area contributed by atoms with Crippen LogP contribution in [0.15, 0.2) is 0 Å². The van der Waals surface area contributed by atoms with Gasteiger partial charge in [-0.2, -0.15) is 18.7 Å². The van der Waals surface area contributed by atoms with Crippen LogP contribution in [0.25, 0.3) is 0 Å². The first-order valence-electron chi connectivity index (χ1n) is 4.98. The van der Waals surface area contributed by atoms with E-state index in [4.69, 9.17) is 4.74 Å². The van der Waals surface area contributed by atoms with E-state index in [2.05, 4.69) is 25.8 Å². The molecule has 0 N–H and O–H groups in total. The molecular weight excluding hydrogens is 271 g/mol. The number of thioether (sulfide) groups is 1. The Morgan fingerprint density at radius 2 is 2.29 bits per heavy atom. The molecule has 14 heavy (non-hydrogen) atoms. The van der Waals surface area contributed by atoms with Gasteiger partial charge in [-0.25, -0.2) is 0 Å². The number of ether oxygens (including phenoxy) is 1. The van der Waals surface area contributed by atoms with E-state index in [0.717, 1.165) is 13.2 Å². The fourth-order valence-electron chi connectivity index (χ4n) is 2.13. The van der Waals surface area contributed by atoms with Crippen molar-refractivity contribution in [3.63, 3.8) is 0 Å². The Labute approximate surface area is 116 Å². The Kier molecular flexibility index (Phi) is 4.93. The Morgan fingerprint density at radius 3 is 2.71 bits per heavy atom. The quantitative estimate of drug-likeness (QED) is 0.631. The predicted octanol–water partition coefficient (Wildman–Crippen LogP) is 1.76. The van der Waals surface area contributed by atoms with Crippen molar-refractivity contribution in [3.8, 4) is 0 Å². The summed E-state index contributed by atoms with van der Waals surface area (Å²) in [7, 11) is 2.18. The molecule has 2 unspecified atom stereocenters. The van der Waals surface area contributed by atoms with Crippen molar-refractivity contribution < 1.29 is 37.4 Å². The zero-order valence-corrected chi connectivity index (χ0v) is 12.9. The van der Waals surface area contributed by atoms with Crippen LogP contribution in [-0.4, -0.2) is 41.8 Å². The van der Waals surface area contributed by atoms with E-state index < -0.39 is 0 Å². The van der Waals surface area contributed by atoms with Gasteiger partial charge in [-0.3, -0.25) is 5.92 Å². The van der Waals surface area contributed by atoms with Crippen LogP contribution >= 0.6 is 11.8 Å². The summed E-state index contributed by atoms with van der Waals surface area (Å²) in [4.78, 5) is 2.42. The summed E-state index contributed by atoms with van der Waals surface area (Å²) in [6, 6.07) is 0.575. The summed E-state index contributed by atoms with van der Waals surface area (Å²) in [6.45, 7) is 6.50. The van der Waals surface area contributed by atoms with Crippen molar-refractivity contribution in [3.05, 3.63) is 5.92 Å². The number of likely N-dealkylation sites (tertiary alicyclic amines) is 1. The number of rotatable bonds is 0. The van der Waals surface area contributed by atoms with Gasteiger partial charge >= 0.3 is 0 Å². The van der Waals surface area contributed by atoms with Crippen molar-refractivity contribution in [2.45, 2.75) is 31.2 Å². The van der Waals surface area contributed by atoms with Gasteiger partial charge in [0.15, 0.2) is 0 Å². The van der Waals surface area contributed by atoms with Crippen molar-refractivity contribution >= 4 is 11.8 Å². The molecular formula is C10H18NOSY-. The van der Waals surface area contributed by atoms with Crippen LogP contribution in [0, 0.1) is 5.92 Å². The third kappa shape index (κ3) is 2.22. The zero-order valence-electron chi connectivity index (χ0n) is 9.25. The van der Waals surface area contributed by atoms with Gasteiger partial charge in [0.1, 0.15) is 0 Å². The van der Waals surface area contributed by atoms with Crippen LogP contribution < -0.4 is 0 Å². The normalized spacial score (nSPS) is 40.1. The van der Waals surface area contributed by atoms with Crippen molar-refractivity contribution in [1.82, 2.24) is 4.90 Å². The smallest absolute Gasteiger partial charge is 0.0457 e. The molecule has 0 amide bonds. The SMILES string of the molecule is C[C-]1C(C)N(C)CC12OCCCS2.[Y]. The number of hydrogen-bond donors (Lipinski definition) is 0. The van der Waals surface area contributed by atoms with Crippen LogP contribution in [-0.2, 0) is 37.4 Å². The molecule has 0 aromatic heterocycles. The monoisotopic (exact) mass is 289 g/mol. The average Bonchev–Trinajstić information content (AvgIpc) is 2.33. The molecule has 0 aromatic rings. The Hall–Kier alpha value is 1.37. The topological polar surface area (TPSA) is 12.5 Å². The van der Waals surface area contributed by atoms with Crippen LogP contribution in [0.2, 0.25) is 0 Å². The van der Waals surface area contributed by atoms with Gasteiger partial charge in [0.25, 0.3) is 0 Å². The Morgan fingerprint density at radius 1 is 1.57 bits per heavy atom. The molecule has 2 aliphatic rings. The Balaban J connectivity index is 0.000000980. The molecule has 2 saturated heterocycles. The minimum Gasteiger partial charge on any atom is -0.395 e. The van der Waals surface area contributed by atoms with E-state index in [0.29, 0.717) is 6.04 Å². The average molecular weight is 289 g/mol. The largest absolute Gasteiger partial charge is 0.395 e. The van der Waals surface area contributed by atoms with Gasteiger partial charge in [0.2, 0.25) is 0 Å². The molecule has 2 atom stereocenters. The molecule has 0 saturated carbocycles. The first-order chi connectivity index (χ1) is 6.16. The van der Waals surface area contributed by atoms with Crippen molar-refractivity contribution in [2.24, 2.45) is 0 Å². The number of nitrogens with zero attached hydrogens (tertiary/aromatic N) is 1. The summed E-state index contributed by atoms with van der Waals surface area (Å²) in [5.41, 5.74) is 0. The van der Waals surface area contributed by atoms with Gasteiger partial charge in [-0.05, 0) is 19.2 Å². The number of hydrogen-bond acceptors (Lipinski definition) is 3. The molecule has 1 spiro atoms. The van der Waals surface area contributed by atoms with E-state index in [1.165, 1.54) is 18.1 Å². The second kappa shape index (κ2) is 5.14. The minimum absolute atomic E-state index is 0. The van der Waals surface area contributed by atoms with Gasteiger partial charge in [-0.1, -0.05) is 6.92 Å². The third-order valence-electron chi connectivity index (χ3n) is 3.31. The summed E-state index contributed by atoms with van der Waals surface area (Å²) < 4.78 is 5.96. The summed E-state index contributed by atoms with van der Waals surface area (Å²) in [5.74, 6) is 2.75. The molecule has 0 aliphatic carbocycles. The van der Waals surface area contributed by atoms with E-state index in [1.807, 2.05) is 11.8 Å². The molecule has 2 fully saturated rings. The maximum absolute atomic E-state index is 5.96. The van der Waals surface area contributed by atoms with E-state index in [1.54, 1.807) is 0 Å². The van der Waals surface area contributed by atoms with Crippen LogP contribution in [0.4, 0.5) is 0 Å². The molecule has 79 valence electrons. The van der Waals surface area contributed by atoms with E-state index in [9.17, 15) is 0 Å². The number of likely N-dealkylation sites (N-methyl/N-ethyl adjacent to an activating group) is 1. The second-order valence-corrected chi connectivity index (χ2v) is 5.43. The van der Waals surface area contributed by atoms with Crippen LogP contribution in [0.5, 0.6) is 0 Å². The maximum Gasteiger partial charge on any atom is 0.0457 e. The molecule has 2 rings (SSSR count). The maximum atomic E-state index is 5.96. The summed E-state index contributed by atoms with van der Waals surface area (Å²) in [5, 5.41) is 0. The van der Waals surface area contributed by atoms with Gasteiger partial charge in [0.05, 0.1) is 0 Å². The fourth-order valence-corrected chi connectivity index (χ4v) is 3.58. The molecule has 2 nitrogen and oxygen atoms in total. The van der Waals surface area contributed by atoms with E-state index in [-0.39, 0.29) is 37.6 Å². The van der Waals surface area contributed by atoms with Crippen molar-refractivity contribution in [2.75, 3.05) is 26.0 Å². The van der Waals surface area contributed by atoms with Gasteiger partial charge < -0.3 is 9.64 Å². The van der Waals surface area contributed by atoms with Crippen LogP contribution in [0.3, 0.4) is 0 Å². The standard InChI is InChI=1S/C10H18NOS.Y/c1-8-9(2)11(3)7-10(8)12-5-4-6-13-10;/h9H,4-7H2,1-3H3;/q-1;. The fraction of sp³-hybridized carbons (Fsp3) is 0.900. The second-order valence-electron chi connectivity index (χ2n) is 4.08. The predicted molar refractivity (Wildman–Crippen MR) is 56.8 cm³/mol. The van der Waals surface area contributed by atoms with Gasteiger partial charge in [-0.15, -0.1) is 6.04 Å². The van der Waals surface area contributed by atoms with Crippen molar-refractivity contribution in [1.29, 1.82) is 0 Å². The molecule has 2 heterocycles. The first-order valence-corrected chi connectivity index (χ1v) is 5.96. The Bertz CT molecular complexity index is 197.